The maximum Gasteiger partial charge on any atom is 0.275 e. The Balaban J connectivity index is 1.84. The van der Waals surface area contributed by atoms with Gasteiger partial charge in [-0.2, -0.15) is 5.10 Å². The summed E-state index contributed by atoms with van der Waals surface area (Å²) >= 11 is 0. The fourth-order valence-electron chi connectivity index (χ4n) is 2.97. The van der Waals surface area contributed by atoms with Crippen molar-refractivity contribution in [2.75, 3.05) is 0 Å². The lowest BCUT2D eigenvalue weighted by Gasteiger charge is -2.09. The van der Waals surface area contributed by atoms with Crippen LogP contribution in [0.1, 0.15) is 5.56 Å². The molecule has 0 atom stereocenters. The van der Waals surface area contributed by atoms with Crippen LogP contribution in [0.25, 0.3) is 10.8 Å². The van der Waals surface area contributed by atoms with Crippen LogP contribution in [-0.4, -0.2) is 23.2 Å². The predicted molar refractivity (Wildman–Crippen MR) is 104 cm³/mol. The minimum atomic E-state index is -4.10. The van der Waals surface area contributed by atoms with E-state index < -0.39 is 26.1 Å². The van der Waals surface area contributed by atoms with E-state index in [1.54, 1.807) is 18.2 Å². The second-order valence-electron chi connectivity index (χ2n) is 6.32. The number of nitrogens with one attached hydrogen (secondary N) is 1. The van der Waals surface area contributed by atoms with Crippen molar-refractivity contribution in [3.8, 4) is 0 Å². The van der Waals surface area contributed by atoms with Gasteiger partial charge in [0, 0.05) is 17.1 Å². The summed E-state index contributed by atoms with van der Waals surface area (Å²) in [5.41, 5.74) is -0.685. The molecule has 0 aliphatic carbocycles. The molecular formula is C20H14FN3O4S. The first-order chi connectivity index (χ1) is 13.9. The third-order valence-electron chi connectivity index (χ3n) is 4.47. The van der Waals surface area contributed by atoms with Crippen molar-refractivity contribution < 1.29 is 12.8 Å². The average molecular weight is 411 g/mol. The molecule has 2 aromatic heterocycles. The molecule has 4 aromatic rings. The van der Waals surface area contributed by atoms with Crippen molar-refractivity contribution in [1.29, 1.82) is 0 Å². The van der Waals surface area contributed by atoms with Crippen molar-refractivity contribution in [2.45, 2.75) is 16.3 Å². The van der Waals surface area contributed by atoms with E-state index in [0.717, 1.165) is 16.8 Å². The van der Waals surface area contributed by atoms with Crippen LogP contribution in [-0.2, 0) is 16.4 Å². The number of pyridine rings is 1. The van der Waals surface area contributed by atoms with Gasteiger partial charge in [-0.1, -0.05) is 24.3 Å². The Hall–Kier alpha value is -3.59. The number of rotatable bonds is 4. The zero-order valence-electron chi connectivity index (χ0n) is 14.9. The Kier molecular flexibility index (Phi) is 4.59. The van der Waals surface area contributed by atoms with Gasteiger partial charge in [-0.3, -0.25) is 9.59 Å². The van der Waals surface area contributed by atoms with Gasteiger partial charge < -0.3 is 4.98 Å². The summed E-state index contributed by atoms with van der Waals surface area (Å²) < 4.78 is 41.2. The molecule has 0 radical (unpaired) electrons. The number of sulfone groups is 1. The quantitative estimate of drug-likeness (QED) is 0.554. The third-order valence-corrected chi connectivity index (χ3v) is 6.25. The molecule has 1 N–H and O–H groups in total. The van der Waals surface area contributed by atoms with Crippen LogP contribution in [0.3, 0.4) is 0 Å². The molecule has 0 aliphatic rings. The SMILES string of the molecule is O=c1[nH]cccc1Cn1ncc2cc(S(=O)(=O)c3ccccc3)c(F)cc2c1=O. The van der Waals surface area contributed by atoms with Crippen LogP contribution < -0.4 is 11.1 Å². The van der Waals surface area contributed by atoms with Crippen LogP contribution in [0.2, 0.25) is 0 Å². The highest BCUT2D eigenvalue weighted by Crippen LogP contribution is 2.26. The largest absolute Gasteiger partial charge is 0.329 e. The number of halogens is 1. The third kappa shape index (κ3) is 3.36. The van der Waals surface area contributed by atoms with E-state index in [1.807, 2.05) is 0 Å². The van der Waals surface area contributed by atoms with E-state index in [-0.39, 0.29) is 27.8 Å². The molecule has 9 heteroatoms. The van der Waals surface area contributed by atoms with Gasteiger partial charge in [0.2, 0.25) is 9.84 Å². The van der Waals surface area contributed by atoms with Gasteiger partial charge in [-0.05, 0) is 30.3 Å². The van der Waals surface area contributed by atoms with E-state index in [0.29, 0.717) is 5.56 Å². The molecule has 7 nitrogen and oxygen atoms in total. The fourth-order valence-corrected chi connectivity index (χ4v) is 4.34. The monoisotopic (exact) mass is 411 g/mol. The highest BCUT2D eigenvalue weighted by atomic mass is 32.2. The van der Waals surface area contributed by atoms with Crippen molar-refractivity contribution in [1.82, 2.24) is 14.8 Å². The van der Waals surface area contributed by atoms with Crippen LogP contribution in [0.5, 0.6) is 0 Å². The summed E-state index contributed by atoms with van der Waals surface area (Å²) in [4.78, 5) is 26.4. The second kappa shape index (κ2) is 7.10. The van der Waals surface area contributed by atoms with Gasteiger partial charge in [0.15, 0.2) is 0 Å². The number of nitrogens with zero attached hydrogens (tertiary/aromatic N) is 2. The second-order valence-corrected chi connectivity index (χ2v) is 8.24. The first-order valence-corrected chi connectivity index (χ1v) is 10.0. The standard InChI is InChI=1S/C20H14FN3O4S/c21-17-10-16-14(9-18(17)29(27,28)15-6-2-1-3-7-15)11-23-24(20(16)26)12-13-5-4-8-22-19(13)25/h1-11H,12H2,(H,22,25). The van der Waals surface area contributed by atoms with Crippen molar-refractivity contribution in [3.63, 3.8) is 0 Å². The fraction of sp³-hybridized carbons (Fsp3) is 0.0500. The van der Waals surface area contributed by atoms with Crippen LogP contribution in [0, 0.1) is 5.82 Å². The summed E-state index contributed by atoms with van der Waals surface area (Å²) in [6.45, 7) is -0.101. The van der Waals surface area contributed by atoms with E-state index in [2.05, 4.69) is 10.1 Å². The molecule has 0 fully saturated rings. The molecule has 4 rings (SSSR count). The number of benzene rings is 2. The van der Waals surface area contributed by atoms with Gasteiger partial charge in [-0.15, -0.1) is 0 Å². The molecule has 0 spiro atoms. The molecule has 2 aromatic carbocycles. The Bertz CT molecular complexity index is 1440. The summed E-state index contributed by atoms with van der Waals surface area (Å²) in [7, 11) is -4.10. The van der Waals surface area contributed by atoms with E-state index in [4.69, 9.17) is 0 Å². The lowest BCUT2D eigenvalue weighted by molar-refractivity contribution is 0.567. The lowest BCUT2D eigenvalue weighted by Crippen LogP contribution is -2.26. The molecule has 0 bridgehead atoms. The number of fused-ring (bicyclic) bond motifs is 1. The Morgan fingerprint density at radius 2 is 1.79 bits per heavy atom. The molecule has 0 amide bonds. The van der Waals surface area contributed by atoms with E-state index in [9.17, 15) is 22.4 Å². The highest BCUT2D eigenvalue weighted by molar-refractivity contribution is 7.91. The lowest BCUT2D eigenvalue weighted by atomic mass is 10.2. The maximum absolute atomic E-state index is 14.7. The van der Waals surface area contributed by atoms with Gasteiger partial charge in [0.1, 0.15) is 10.7 Å². The summed E-state index contributed by atoms with van der Waals surface area (Å²) in [6.07, 6.45) is 2.74. The molecular weight excluding hydrogens is 397 g/mol. The molecule has 146 valence electrons. The Morgan fingerprint density at radius 1 is 1.03 bits per heavy atom. The van der Waals surface area contributed by atoms with Crippen molar-refractivity contribution in [3.05, 3.63) is 99.1 Å². The molecule has 0 aliphatic heterocycles. The minimum absolute atomic E-state index is 0.0307. The number of H-pyrrole nitrogens is 1. The topological polar surface area (TPSA) is 102 Å². The van der Waals surface area contributed by atoms with E-state index >= 15 is 0 Å². The number of hydrogen-bond donors (Lipinski definition) is 1. The number of aromatic nitrogens is 3. The number of aromatic amines is 1. The van der Waals surface area contributed by atoms with Crippen molar-refractivity contribution in [2.24, 2.45) is 0 Å². The van der Waals surface area contributed by atoms with E-state index in [1.165, 1.54) is 36.7 Å². The van der Waals surface area contributed by atoms with Gasteiger partial charge in [-0.25, -0.2) is 17.5 Å². The zero-order valence-corrected chi connectivity index (χ0v) is 15.7. The molecule has 0 saturated heterocycles. The highest BCUT2D eigenvalue weighted by Gasteiger charge is 2.23. The van der Waals surface area contributed by atoms with Crippen LogP contribution in [0.15, 0.2) is 86.4 Å². The van der Waals surface area contributed by atoms with Gasteiger partial charge in [0.25, 0.3) is 11.1 Å². The molecule has 29 heavy (non-hydrogen) atoms. The van der Waals surface area contributed by atoms with Gasteiger partial charge in [0.05, 0.1) is 23.0 Å². The van der Waals surface area contributed by atoms with Crippen molar-refractivity contribution >= 4 is 20.6 Å². The summed E-state index contributed by atoms with van der Waals surface area (Å²) in [5.74, 6) is -1.03. The molecule has 0 unspecified atom stereocenters. The molecule has 0 saturated carbocycles. The summed E-state index contributed by atoms with van der Waals surface area (Å²) in [6, 6.07) is 12.6. The smallest absolute Gasteiger partial charge is 0.275 e. The zero-order chi connectivity index (χ0) is 20.6. The van der Waals surface area contributed by atoms with Crippen LogP contribution in [0.4, 0.5) is 4.39 Å². The van der Waals surface area contributed by atoms with Crippen LogP contribution >= 0.6 is 0 Å². The first-order valence-electron chi connectivity index (χ1n) is 8.54. The Morgan fingerprint density at radius 3 is 2.52 bits per heavy atom. The average Bonchev–Trinajstić information content (AvgIpc) is 2.72. The summed E-state index contributed by atoms with van der Waals surface area (Å²) in [5, 5.41) is 4.16. The normalized spacial score (nSPS) is 11.6. The molecule has 2 heterocycles. The first kappa shape index (κ1) is 18.8. The Labute approximate surface area is 164 Å². The number of hydrogen-bond acceptors (Lipinski definition) is 5. The predicted octanol–water partition coefficient (Wildman–Crippen LogP) is 2.11. The van der Waals surface area contributed by atoms with Gasteiger partial charge >= 0.3 is 0 Å². The minimum Gasteiger partial charge on any atom is -0.329 e. The maximum atomic E-state index is 14.7.